The third-order valence-electron chi connectivity index (χ3n) is 3.93. The number of phenols is 1. The first-order valence-electron chi connectivity index (χ1n) is 7.77. The Morgan fingerprint density at radius 1 is 1.12 bits per heavy atom. The molecule has 1 N–H and O–H groups in total. The molecule has 5 heteroatoms. The number of nitrogens with zero attached hydrogens (tertiary/aromatic N) is 1. The van der Waals surface area contributed by atoms with Crippen LogP contribution in [0.1, 0.15) is 15.9 Å². The Hall–Kier alpha value is -2.30. The van der Waals surface area contributed by atoms with E-state index in [1.165, 1.54) is 12.1 Å². The first-order valence-corrected chi connectivity index (χ1v) is 8.15. The molecule has 0 spiro atoms. The van der Waals surface area contributed by atoms with Gasteiger partial charge in [0, 0.05) is 24.3 Å². The summed E-state index contributed by atoms with van der Waals surface area (Å²) in [6.45, 7) is 3.21. The Morgan fingerprint density at radius 2 is 1.83 bits per heavy atom. The molecule has 1 aliphatic rings. The zero-order chi connectivity index (χ0) is 16.9. The second kappa shape index (κ2) is 7.51. The monoisotopic (exact) mass is 343 g/mol. The molecule has 4 nitrogen and oxygen atoms in total. The van der Waals surface area contributed by atoms with Gasteiger partial charge in [-0.15, -0.1) is 0 Å². The van der Waals surface area contributed by atoms with Crippen LogP contribution in [0.5, 0.6) is 5.75 Å². The van der Waals surface area contributed by atoms with Crippen molar-refractivity contribution in [2.24, 2.45) is 0 Å². The lowest BCUT2D eigenvalue weighted by molar-refractivity contribution is 0.104. The van der Waals surface area contributed by atoms with Crippen LogP contribution in [0.15, 0.2) is 48.5 Å². The molecule has 1 saturated heterocycles. The fourth-order valence-corrected chi connectivity index (χ4v) is 2.74. The number of hydrogen-bond acceptors (Lipinski definition) is 4. The molecular formula is C19H18ClNO3. The highest BCUT2D eigenvalue weighted by Gasteiger charge is 2.11. The van der Waals surface area contributed by atoms with Crippen molar-refractivity contribution in [3.05, 3.63) is 64.7 Å². The van der Waals surface area contributed by atoms with Crippen LogP contribution < -0.4 is 4.90 Å². The van der Waals surface area contributed by atoms with Crippen LogP contribution in [0.4, 0.5) is 5.69 Å². The first kappa shape index (κ1) is 16.6. The van der Waals surface area contributed by atoms with Crippen molar-refractivity contribution in [2.75, 3.05) is 31.2 Å². The summed E-state index contributed by atoms with van der Waals surface area (Å²) in [6.07, 6.45) is 3.19. The van der Waals surface area contributed by atoms with Gasteiger partial charge in [-0.2, -0.15) is 0 Å². The molecule has 0 saturated carbocycles. The number of aromatic hydroxyl groups is 1. The molecule has 1 fully saturated rings. The topological polar surface area (TPSA) is 49.8 Å². The predicted molar refractivity (Wildman–Crippen MR) is 96.0 cm³/mol. The normalized spacial score (nSPS) is 15.0. The van der Waals surface area contributed by atoms with E-state index in [4.69, 9.17) is 16.3 Å². The number of carbonyl (C=O) groups is 1. The smallest absolute Gasteiger partial charge is 0.185 e. The Kier molecular flexibility index (Phi) is 5.18. The summed E-state index contributed by atoms with van der Waals surface area (Å²) in [7, 11) is 0. The van der Waals surface area contributed by atoms with Gasteiger partial charge >= 0.3 is 0 Å². The molecule has 3 rings (SSSR count). The molecular weight excluding hydrogens is 326 g/mol. The third kappa shape index (κ3) is 3.96. The number of hydrogen-bond donors (Lipinski definition) is 1. The number of allylic oxidation sites excluding steroid dienone is 1. The van der Waals surface area contributed by atoms with Gasteiger partial charge in [0.1, 0.15) is 5.75 Å². The average molecular weight is 344 g/mol. The SMILES string of the molecule is O=C(C=Cc1ccc(O)c(Cl)c1)c1ccc(N2CCOCC2)cc1. The van der Waals surface area contributed by atoms with E-state index in [0.29, 0.717) is 5.56 Å². The first-order chi connectivity index (χ1) is 11.6. The Bertz CT molecular complexity index is 750. The summed E-state index contributed by atoms with van der Waals surface area (Å²) in [6, 6.07) is 12.4. The number of benzene rings is 2. The molecule has 1 heterocycles. The van der Waals surface area contributed by atoms with Crippen LogP contribution in [0.25, 0.3) is 6.08 Å². The highest BCUT2D eigenvalue weighted by atomic mass is 35.5. The van der Waals surface area contributed by atoms with Crippen molar-refractivity contribution in [2.45, 2.75) is 0 Å². The van der Waals surface area contributed by atoms with Crippen molar-refractivity contribution in [3.63, 3.8) is 0 Å². The van der Waals surface area contributed by atoms with Gasteiger partial charge in [0.05, 0.1) is 18.2 Å². The van der Waals surface area contributed by atoms with Crippen molar-refractivity contribution in [1.29, 1.82) is 0 Å². The van der Waals surface area contributed by atoms with Gasteiger partial charge in [0.2, 0.25) is 0 Å². The fourth-order valence-electron chi connectivity index (χ4n) is 2.55. The minimum absolute atomic E-state index is 0.0267. The maximum atomic E-state index is 12.3. The number of anilines is 1. The van der Waals surface area contributed by atoms with Gasteiger partial charge < -0.3 is 14.7 Å². The number of rotatable bonds is 4. The van der Waals surface area contributed by atoms with Crippen molar-refractivity contribution in [3.8, 4) is 5.75 Å². The highest BCUT2D eigenvalue weighted by Crippen LogP contribution is 2.24. The van der Waals surface area contributed by atoms with Crippen LogP contribution in [0, 0.1) is 0 Å². The number of phenolic OH excluding ortho intramolecular Hbond substituents is 1. The maximum absolute atomic E-state index is 12.3. The summed E-state index contributed by atoms with van der Waals surface area (Å²) in [5.74, 6) is -0.0495. The zero-order valence-corrected chi connectivity index (χ0v) is 13.9. The van der Waals surface area contributed by atoms with E-state index < -0.39 is 0 Å². The molecule has 0 amide bonds. The molecule has 0 radical (unpaired) electrons. The quantitative estimate of drug-likeness (QED) is 0.678. The van der Waals surface area contributed by atoms with E-state index in [9.17, 15) is 9.90 Å². The van der Waals surface area contributed by atoms with E-state index in [0.717, 1.165) is 37.6 Å². The van der Waals surface area contributed by atoms with Crippen LogP contribution in [-0.2, 0) is 4.74 Å². The lowest BCUT2D eigenvalue weighted by Gasteiger charge is -2.28. The summed E-state index contributed by atoms with van der Waals surface area (Å²) < 4.78 is 5.34. The molecule has 2 aromatic carbocycles. The van der Waals surface area contributed by atoms with Gasteiger partial charge in [0.15, 0.2) is 5.78 Å². The lowest BCUT2D eigenvalue weighted by Crippen LogP contribution is -2.36. The highest BCUT2D eigenvalue weighted by molar-refractivity contribution is 6.32. The lowest BCUT2D eigenvalue weighted by atomic mass is 10.1. The molecule has 1 aliphatic heterocycles. The van der Waals surface area contributed by atoms with Gasteiger partial charge in [0.25, 0.3) is 0 Å². The summed E-state index contributed by atoms with van der Waals surface area (Å²) >= 11 is 5.86. The van der Waals surface area contributed by atoms with Crippen LogP contribution in [0.2, 0.25) is 5.02 Å². The van der Waals surface area contributed by atoms with E-state index in [-0.39, 0.29) is 16.6 Å². The van der Waals surface area contributed by atoms with E-state index in [1.807, 2.05) is 24.3 Å². The Morgan fingerprint density at radius 3 is 2.50 bits per heavy atom. The molecule has 124 valence electrons. The van der Waals surface area contributed by atoms with Crippen LogP contribution in [0.3, 0.4) is 0 Å². The molecule has 0 atom stereocenters. The average Bonchev–Trinajstić information content (AvgIpc) is 2.63. The molecule has 0 bridgehead atoms. The van der Waals surface area contributed by atoms with Gasteiger partial charge in [-0.3, -0.25) is 4.79 Å². The fraction of sp³-hybridized carbons (Fsp3) is 0.211. The second-order valence-corrected chi connectivity index (χ2v) is 5.96. The van der Waals surface area contributed by atoms with E-state index >= 15 is 0 Å². The Labute approximate surface area is 145 Å². The van der Waals surface area contributed by atoms with Crippen LogP contribution >= 0.6 is 11.6 Å². The number of carbonyl (C=O) groups excluding carboxylic acids is 1. The molecule has 0 aromatic heterocycles. The van der Waals surface area contributed by atoms with Gasteiger partial charge in [-0.25, -0.2) is 0 Å². The minimum atomic E-state index is -0.0762. The summed E-state index contributed by atoms with van der Waals surface area (Å²) in [5, 5.41) is 9.66. The maximum Gasteiger partial charge on any atom is 0.185 e. The third-order valence-corrected chi connectivity index (χ3v) is 4.23. The number of ketones is 1. The Balaban J connectivity index is 1.68. The zero-order valence-electron chi connectivity index (χ0n) is 13.1. The van der Waals surface area contributed by atoms with Crippen LogP contribution in [-0.4, -0.2) is 37.2 Å². The standard InChI is InChI=1S/C19H18ClNO3/c20-17-13-14(2-8-19(17)23)1-7-18(22)15-3-5-16(6-4-15)21-9-11-24-12-10-21/h1-8,13,23H,9-12H2. The number of morpholine rings is 1. The number of ether oxygens (including phenoxy) is 1. The van der Waals surface area contributed by atoms with Gasteiger partial charge in [-0.1, -0.05) is 23.7 Å². The molecule has 0 aliphatic carbocycles. The second-order valence-electron chi connectivity index (χ2n) is 5.55. The molecule has 2 aromatic rings. The van der Waals surface area contributed by atoms with Crippen molar-refractivity contribution >= 4 is 29.1 Å². The largest absolute Gasteiger partial charge is 0.506 e. The summed E-state index contributed by atoms with van der Waals surface area (Å²) in [4.78, 5) is 14.5. The van der Waals surface area contributed by atoms with E-state index in [1.54, 1.807) is 18.2 Å². The van der Waals surface area contributed by atoms with E-state index in [2.05, 4.69) is 4.90 Å². The van der Waals surface area contributed by atoms with Crippen molar-refractivity contribution in [1.82, 2.24) is 0 Å². The van der Waals surface area contributed by atoms with Crippen molar-refractivity contribution < 1.29 is 14.6 Å². The summed E-state index contributed by atoms with van der Waals surface area (Å²) in [5.41, 5.74) is 2.49. The number of halogens is 1. The predicted octanol–water partition coefficient (Wildman–Crippen LogP) is 3.78. The van der Waals surface area contributed by atoms with Gasteiger partial charge in [-0.05, 0) is 48.0 Å². The molecule has 0 unspecified atom stereocenters. The minimum Gasteiger partial charge on any atom is -0.506 e. The molecule has 24 heavy (non-hydrogen) atoms.